The third-order valence-electron chi connectivity index (χ3n) is 4.80. The number of nitrogens with zero attached hydrogens (tertiary/aromatic N) is 3. The van der Waals surface area contributed by atoms with Crippen molar-refractivity contribution in [1.82, 2.24) is 15.2 Å². The maximum absolute atomic E-state index is 13.1. The van der Waals surface area contributed by atoms with Gasteiger partial charge in [-0.2, -0.15) is 0 Å². The molecule has 1 saturated heterocycles. The van der Waals surface area contributed by atoms with Crippen LogP contribution in [0.1, 0.15) is 32.9 Å². The minimum Gasteiger partial charge on any atom is -0.426 e. The van der Waals surface area contributed by atoms with Crippen LogP contribution in [0.3, 0.4) is 0 Å². The average molecular weight is 524 g/mol. The second-order valence-corrected chi connectivity index (χ2v) is 9.32. The Morgan fingerprint density at radius 2 is 2.14 bits per heavy atom. The van der Waals surface area contributed by atoms with E-state index < -0.39 is 41.5 Å². The van der Waals surface area contributed by atoms with Gasteiger partial charge in [0.1, 0.15) is 29.9 Å². The summed E-state index contributed by atoms with van der Waals surface area (Å²) in [5.74, 6) is -2.20. The van der Waals surface area contributed by atoms with E-state index in [9.17, 15) is 19.2 Å². The topological polar surface area (TPSA) is 163 Å². The van der Waals surface area contributed by atoms with Gasteiger partial charge >= 0.3 is 11.9 Å². The number of nitrogens with two attached hydrogens (primary N) is 1. The Bertz CT molecular complexity index is 1110. The van der Waals surface area contributed by atoms with Crippen LogP contribution in [-0.2, 0) is 33.5 Å². The van der Waals surface area contributed by atoms with Crippen molar-refractivity contribution in [3.05, 3.63) is 34.5 Å². The highest BCUT2D eigenvalue weighted by Crippen LogP contribution is 2.41. The van der Waals surface area contributed by atoms with Gasteiger partial charge < -0.3 is 25.4 Å². The van der Waals surface area contributed by atoms with Crippen molar-refractivity contribution in [2.75, 3.05) is 18.6 Å². The predicted molar refractivity (Wildman–Crippen MR) is 129 cm³/mol. The van der Waals surface area contributed by atoms with Crippen LogP contribution >= 0.6 is 23.1 Å². The van der Waals surface area contributed by atoms with Gasteiger partial charge in [0, 0.05) is 25.0 Å². The summed E-state index contributed by atoms with van der Waals surface area (Å²) in [7, 11) is 1.28. The fraction of sp³-hybridized carbons (Fsp3) is 0.429. The molecular formula is C21H25N5O7S2. The van der Waals surface area contributed by atoms with E-state index in [-0.39, 0.29) is 22.2 Å². The predicted octanol–water partition coefficient (Wildman–Crippen LogP) is 1.15. The first-order chi connectivity index (χ1) is 16.7. The molecule has 12 nitrogen and oxygen atoms in total. The van der Waals surface area contributed by atoms with Gasteiger partial charge in [-0.1, -0.05) is 24.2 Å². The SMILES string of the molecule is CCC=CC1=C(C(=O)OC(C)OC(C)=O)N2C(=O)C(NC(=O)C(=NOC)c3csc(N)n3)[C@@H]2SC1. The minimum absolute atomic E-state index is 0.0472. The Morgan fingerprint density at radius 1 is 1.40 bits per heavy atom. The average Bonchev–Trinajstić information content (AvgIpc) is 3.23. The standard InChI is InChI=1S/C21H25N5O7S2/c1-5-6-7-12-8-34-19-15(24-17(28)14(25-31-4)13-9-35-21(22)23-13)18(29)26(19)16(12)20(30)33-11(3)32-10(2)27/h6-7,9,11,15,19H,5,8H2,1-4H3,(H2,22,23)(H,24,28)/t11?,15?,19-/m0/s1. The molecule has 0 bridgehead atoms. The number of carbonyl (C=O) groups is 4. The second kappa shape index (κ2) is 11.4. The van der Waals surface area contributed by atoms with Crippen LogP contribution in [0.15, 0.2) is 34.0 Å². The lowest BCUT2D eigenvalue weighted by atomic mass is 10.0. The molecule has 35 heavy (non-hydrogen) atoms. The molecule has 3 heterocycles. The molecule has 0 spiro atoms. The number of allylic oxidation sites excluding steroid dienone is 2. The van der Waals surface area contributed by atoms with Gasteiger partial charge in [0.2, 0.25) is 6.29 Å². The molecule has 0 aliphatic carbocycles. The number of anilines is 1. The number of carbonyl (C=O) groups excluding carboxylic acids is 4. The van der Waals surface area contributed by atoms with Crippen molar-refractivity contribution < 1.29 is 33.5 Å². The van der Waals surface area contributed by atoms with Crippen LogP contribution in [0.4, 0.5) is 5.13 Å². The molecule has 2 unspecified atom stereocenters. The van der Waals surface area contributed by atoms with Crippen molar-refractivity contribution in [2.24, 2.45) is 5.16 Å². The number of nitrogens with one attached hydrogen (secondary N) is 1. The smallest absolute Gasteiger partial charge is 0.358 e. The minimum atomic E-state index is -1.14. The lowest BCUT2D eigenvalue weighted by Crippen LogP contribution is -2.71. The summed E-state index contributed by atoms with van der Waals surface area (Å²) in [6, 6.07) is -0.920. The molecule has 1 aromatic rings. The molecule has 2 aliphatic heterocycles. The number of rotatable bonds is 9. The molecular weight excluding hydrogens is 498 g/mol. The number of oxime groups is 1. The van der Waals surface area contributed by atoms with Gasteiger partial charge in [-0.15, -0.1) is 23.1 Å². The molecule has 3 N–H and O–H groups in total. The quantitative estimate of drug-likeness (QED) is 0.158. The number of ether oxygens (including phenoxy) is 2. The van der Waals surface area contributed by atoms with E-state index in [1.54, 1.807) is 11.5 Å². The van der Waals surface area contributed by atoms with Crippen LogP contribution in [0.5, 0.6) is 0 Å². The Morgan fingerprint density at radius 3 is 2.74 bits per heavy atom. The Balaban J connectivity index is 1.81. The van der Waals surface area contributed by atoms with Crippen LogP contribution < -0.4 is 11.1 Å². The number of aromatic nitrogens is 1. The van der Waals surface area contributed by atoms with Crippen molar-refractivity contribution in [3.8, 4) is 0 Å². The summed E-state index contributed by atoms with van der Waals surface area (Å²) in [5, 5.41) is 7.60. The van der Waals surface area contributed by atoms with E-state index in [0.29, 0.717) is 11.3 Å². The Kier molecular flexibility index (Phi) is 8.51. The number of thioether (sulfide) groups is 1. The van der Waals surface area contributed by atoms with Crippen molar-refractivity contribution in [3.63, 3.8) is 0 Å². The normalized spacial score (nSPS) is 20.7. The number of hydrogen-bond acceptors (Lipinski definition) is 12. The monoisotopic (exact) mass is 523 g/mol. The zero-order chi connectivity index (χ0) is 25.7. The molecule has 2 aliphatic rings. The van der Waals surface area contributed by atoms with Gasteiger partial charge in [0.15, 0.2) is 10.8 Å². The van der Waals surface area contributed by atoms with Gasteiger partial charge in [-0.3, -0.25) is 19.3 Å². The third-order valence-corrected chi connectivity index (χ3v) is 6.78. The van der Waals surface area contributed by atoms with Gasteiger partial charge in [0.05, 0.1) is 0 Å². The molecule has 1 aromatic heterocycles. The number of amides is 2. The number of thiazole rings is 1. The van der Waals surface area contributed by atoms with E-state index >= 15 is 0 Å². The largest absolute Gasteiger partial charge is 0.426 e. The van der Waals surface area contributed by atoms with Gasteiger partial charge in [-0.25, -0.2) is 9.78 Å². The summed E-state index contributed by atoms with van der Waals surface area (Å²) in [6.45, 7) is 4.53. The molecule has 0 aromatic carbocycles. The molecule has 0 radical (unpaired) electrons. The van der Waals surface area contributed by atoms with Crippen molar-refractivity contribution in [2.45, 2.75) is 44.9 Å². The zero-order valence-corrected chi connectivity index (χ0v) is 21.1. The maximum Gasteiger partial charge on any atom is 0.358 e. The van der Waals surface area contributed by atoms with Gasteiger partial charge in [0.25, 0.3) is 11.8 Å². The Hall–Kier alpha value is -3.39. The number of fused-ring (bicyclic) bond motifs is 1. The van der Waals surface area contributed by atoms with E-state index in [4.69, 9.17) is 20.0 Å². The molecule has 3 rings (SSSR count). The van der Waals surface area contributed by atoms with Crippen molar-refractivity contribution >= 4 is 57.7 Å². The first kappa shape index (κ1) is 26.2. The summed E-state index contributed by atoms with van der Waals surface area (Å²) >= 11 is 2.51. The highest BCUT2D eigenvalue weighted by molar-refractivity contribution is 8.00. The number of hydrogen-bond donors (Lipinski definition) is 2. The third kappa shape index (κ3) is 5.82. The Labute approximate surface area is 209 Å². The number of β-lactam (4-membered cyclic amide) rings is 1. The van der Waals surface area contributed by atoms with E-state index in [2.05, 4.69) is 15.5 Å². The molecule has 1 fully saturated rings. The van der Waals surface area contributed by atoms with E-state index in [1.165, 1.54) is 37.6 Å². The highest BCUT2D eigenvalue weighted by atomic mass is 32.2. The molecule has 188 valence electrons. The second-order valence-electron chi connectivity index (χ2n) is 7.32. The van der Waals surface area contributed by atoms with Crippen LogP contribution in [0.25, 0.3) is 0 Å². The summed E-state index contributed by atoms with van der Waals surface area (Å²) < 4.78 is 10.1. The lowest BCUT2D eigenvalue weighted by molar-refractivity contribution is -0.182. The first-order valence-electron chi connectivity index (χ1n) is 10.5. The van der Waals surface area contributed by atoms with Crippen LogP contribution in [0.2, 0.25) is 0 Å². The zero-order valence-electron chi connectivity index (χ0n) is 19.5. The summed E-state index contributed by atoms with van der Waals surface area (Å²) in [5.41, 5.74) is 6.36. The van der Waals surface area contributed by atoms with Crippen LogP contribution in [-0.4, -0.2) is 69.9 Å². The summed E-state index contributed by atoms with van der Waals surface area (Å²) in [6.07, 6.45) is 3.20. The highest BCUT2D eigenvalue weighted by Gasteiger charge is 2.54. The van der Waals surface area contributed by atoms with Gasteiger partial charge in [-0.05, 0) is 12.0 Å². The number of esters is 2. The fourth-order valence-electron chi connectivity index (χ4n) is 3.39. The maximum atomic E-state index is 13.1. The first-order valence-corrected chi connectivity index (χ1v) is 12.5. The molecule has 0 saturated carbocycles. The van der Waals surface area contributed by atoms with Crippen molar-refractivity contribution in [1.29, 1.82) is 0 Å². The van der Waals surface area contributed by atoms with E-state index in [1.807, 2.05) is 13.0 Å². The summed E-state index contributed by atoms with van der Waals surface area (Å²) in [4.78, 5) is 60.2. The van der Waals surface area contributed by atoms with Crippen LogP contribution in [0, 0.1) is 0 Å². The van der Waals surface area contributed by atoms with E-state index in [0.717, 1.165) is 17.8 Å². The molecule has 3 atom stereocenters. The number of nitrogen functional groups attached to an aromatic ring is 1. The molecule has 2 amide bonds. The fourth-order valence-corrected chi connectivity index (χ4v) is 5.25. The molecule has 14 heteroatoms. The lowest BCUT2D eigenvalue weighted by Gasteiger charge is -2.49.